The van der Waals surface area contributed by atoms with E-state index in [-0.39, 0.29) is 30.4 Å². The summed E-state index contributed by atoms with van der Waals surface area (Å²) >= 11 is 1.57. The molecule has 10 nitrogen and oxygen atoms in total. The van der Waals surface area contributed by atoms with Crippen molar-refractivity contribution in [2.75, 3.05) is 38.0 Å². The lowest BCUT2D eigenvalue weighted by Crippen LogP contribution is -2.56. The van der Waals surface area contributed by atoms with E-state index in [1.54, 1.807) is 29.2 Å². The Hall–Kier alpha value is -3.93. The molecule has 2 saturated heterocycles. The van der Waals surface area contributed by atoms with E-state index >= 15 is 0 Å². The second kappa shape index (κ2) is 12.2. The topological polar surface area (TPSA) is 115 Å². The van der Waals surface area contributed by atoms with E-state index in [1.807, 2.05) is 28.6 Å². The number of benzene rings is 2. The molecule has 2 N–H and O–H groups in total. The maximum Gasteiger partial charge on any atom is 0.272 e. The van der Waals surface area contributed by atoms with Crippen molar-refractivity contribution >= 4 is 39.2 Å². The number of likely N-dealkylation sites (tertiary alicyclic amines) is 2. The first kappa shape index (κ1) is 28.8. The highest BCUT2D eigenvalue weighted by molar-refractivity contribution is 7.16. The van der Waals surface area contributed by atoms with Crippen molar-refractivity contribution in [2.24, 2.45) is 0 Å². The number of anilines is 1. The number of rotatable bonds is 5. The average Bonchev–Trinajstić information content (AvgIpc) is 3.52. The third-order valence-electron chi connectivity index (χ3n) is 9.29. The molecular formula is C33H37N7O3S. The largest absolute Gasteiger partial charge is 0.390 e. The molecule has 2 atom stereocenters. The van der Waals surface area contributed by atoms with E-state index in [0.717, 1.165) is 48.1 Å². The number of hydrogen-bond acceptors (Lipinski definition) is 9. The van der Waals surface area contributed by atoms with Crippen LogP contribution in [0.2, 0.25) is 0 Å². The van der Waals surface area contributed by atoms with Crippen molar-refractivity contribution in [2.45, 2.75) is 57.3 Å². The monoisotopic (exact) mass is 611 g/mol. The molecule has 228 valence electrons. The highest BCUT2D eigenvalue weighted by Gasteiger charge is 2.36. The number of carbonyl (C=O) groups is 2. The zero-order valence-corrected chi connectivity index (χ0v) is 25.7. The van der Waals surface area contributed by atoms with Crippen LogP contribution in [0.25, 0.3) is 21.6 Å². The molecule has 2 fully saturated rings. The quantitative estimate of drug-likeness (QED) is 0.350. The zero-order valence-electron chi connectivity index (χ0n) is 24.9. The molecule has 0 aliphatic carbocycles. The van der Waals surface area contributed by atoms with Crippen LogP contribution in [-0.2, 0) is 17.8 Å². The molecule has 2 aromatic carbocycles. The molecule has 4 aromatic rings. The molecule has 0 unspecified atom stereocenters. The first-order valence-electron chi connectivity index (χ1n) is 15.4. The van der Waals surface area contributed by atoms with Crippen molar-refractivity contribution < 1.29 is 14.7 Å². The molecule has 5 heterocycles. The predicted octanol–water partition coefficient (Wildman–Crippen LogP) is 3.81. The van der Waals surface area contributed by atoms with Gasteiger partial charge >= 0.3 is 0 Å². The Morgan fingerprint density at radius 3 is 2.55 bits per heavy atom. The summed E-state index contributed by atoms with van der Waals surface area (Å²) in [6.45, 7) is 5.52. The van der Waals surface area contributed by atoms with Gasteiger partial charge in [0, 0.05) is 69.9 Å². The van der Waals surface area contributed by atoms with Crippen LogP contribution in [0.5, 0.6) is 0 Å². The Morgan fingerprint density at radius 1 is 0.955 bits per heavy atom. The normalized spacial score (nSPS) is 21.3. The van der Waals surface area contributed by atoms with Gasteiger partial charge in [-0.15, -0.1) is 11.3 Å². The number of aromatic nitrogens is 3. The van der Waals surface area contributed by atoms with Crippen LogP contribution in [0.3, 0.4) is 0 Å². The van der Waals surface area contributed by atoms with Gasteiger partial charge in [0.1, 0.15) is 11.5 Å². The number of thiazole rings is 1. The van der Waals surface area contributed by atoms with Crippen molar-refractivity contribution in [1.82, 2.24) is 29.7 Å². The minimum atomic E-state index is -0.643. The molecule has 44 heavy (non-hydrogen) atoms. The van der Waals surface area contributed by atoms with Gasteiger partial charge in [0.05, 0.1) is 21.8 Å². The standard InChI is InChI=1S/C33H37N7O3S/c1-21(41)38-13-9-25(10-14-38)35-31-17-27(36-32(37-31)23-6-7-30-26(16-23)34-20-44-30)33(43)40-15-11-28(29(42)19-40)39-12-8-22-4-2-3-5-24(22)18-39/h2-7,16-17,20,25,28-29,42H,8-15,18-19H2,1H3,(H,35,36,37)/t28-,29-/m1/s1. The van der Waals surface area contributed by atoms with Gasteiger partial charge in [-0.2, -0.15) is 0 Å². The highest BCUT2D eigenvalue weighted by Crippen LogP contribution is 2.28. The lowest BCUT2D eigenvalue weighted by molar-refractivity contribution is -0.129. The third-order valence-corrected chi connectivity index (χ3v) is 10.1. The van der Waals surface area contributed by atoms with Crippen LogP contribution in [0.15, 0.2) is 54.0 Å². The smallest absolute Gasteiger partial charge is 0.272 e. The van der Waals surface area contributed by atoms with Gasteiger partial charge in [-0.05, 0) is 55.0 Å². The van der Waals surface area contributed by atoms with Gasteiger partial charge in [0.25, 0.3) is 5.91 Å². The number of aliphatic hydroxyl groups excluding tert-OH is 1. The van der Waals surface area contributed by atoms with Crippen molar-refractivity contribution in [1.29, 1.82) is 0 Å². The second-order valence-corrected chi connectivity index (χ2v) is 13.0. The maximum absolute atomic E-state index is 13.9. The summed E-state index contributed by atoms with van der Waals surface area (Å²) in [7, 11) is 0. The Morgan fingerprint density at radius 2 is 1.75 bits per heavy atom. The molecule has 11 heteroatoms. The summed E-state index contributed by atoms with van der Waals surface area (Å²) in [5.41, 5.74) is 6.47. The van der Waals surface area contributed by atoms with Crippen LogP contribution in [0.4, 0.5) is 5.82 Å². The minimum absolute atomic E-state index is 0.0105. The van der Waals surface area contributed by atoms with Crippen LogP contribution in [0, 0.1) is 0 Å². The van der Waals surface area contributed by atoms with Gasteiger partial charge in [-0.3, -0.25) is 14.5 Å². The fourth-order valence-electron chi connectivity index (χ4n) is 6.80. The van der Waals surface area contributed by atoms with Crippen LogP contribution in [-0.4, -0.2) is 97.5 Å². The van der Waals surface area contributed by atoms with E-state index in [0.29, 0.717) is 43.4 Å². The van der Waals surface area contributed by atoms with E-state index in [1.165, 1.54) is 11.1 Å². The number of carbonyl (C=O) groups excluding carboxylic acids is 2. The highest BCUT2D eigenvalue weighted by atomic mass is 32.1. The van der Waals surface area contributed by atoms with Gasteiger partial charge in [-0.1, -0.05) is 24.3 Å². The first-order chi connectivity index (χ1) is 21.4. The van der Waals surface area contributed by atoms with Gasteiger partial charge in [0.2, 0.25) is 5.91 Å². The second-order valence-electron chi connectivity index (χ2n) is 12.1. The summed E-state index contributed by atoms with van der Waals surface area (Å²) in [5.74, 6) is 0.922. The first-order valence-corrected chi connectivity index (χ1v) is 16.3. The third kappa shape index (κ3) is 5.91. The molecule has 0 radical (unpaired) electrons. The Bertz CT molecular complexity index is 1680. The van der Waals surface area contributed by atoms with E-state index in [9.17, 15) is 14.7 Å². The van der Waals surface area contributed by atoms with Crippen molar-refractivity contribution in [3.05, 3.63) is 70.9 Å². The zero-order chi connectivity index (χ0) is 30.2. The van der Waals surface area contributed by atoms with Crippen molar-refractivity contribution in [3.63, 3.8) is 0 Å². The molecule has 2 aromatic heterocycles. The lowest BCUT2D eigenvalue weighted by Gasteiger charge is -2.43. The molecule has 7 rings (SSSR count). The molecule has 3 aliphatic heterocycles. The van der Waals surface area contributed by atoms with E-state index < -0.39 is 6.10 Å². The number of nitrogens with zero attached hydrogens (tertiary/aromatic N) is 6. The van der Waals surface area contributed by atoms with Gasteiger partial charge in [0.15, 0.2) is 5.82 Å². The predicted molar refractivity (Wildman–Crippen MR) is 170 cm³/mol. The van der Waals surface area contributed by atoms with Gasteiger partial charge in [-0.25, -0.2) is 15.0 Å². The molecule has 0 bridgehead atoms. The number of fused-ring (bicyclic) bond motifs is 2. The van der Waals surface area contributed by atoms with Crippen LogP contribution < -0.4 is 5.32 Å². The van der Waals surface area contributed by atoms with E-state index in [4.69, 9.17) is 9.97 Å². The Kier molecular flexibility index (Phi) is 8.00. The van der Waals surface area contributed by atoms with Crippen molar-refractivity contribution in [3.8, 4) is 11.4 Å². The summed E-state index contributed by atoms with van der Waals surface area (Å²) in [5, 5.41) is 14.8. The van der Waals surface area contributed by atoms with Crippen LogP contribution >= 0.6 is 11.3 Å². The summed E-state index contributed by atoms with van der Waals surface area (Å²) in [6, 6.07) is 16.3. The fourth-order valence-corrected chi connectivity index (χ4v) is 7.46. The molecule has 2 amide bonds. The number of β-amino-alcohol motifs (C(OH)–C–C–N with tert-alkyl or cyclic N) is 1. The SMILES string of the molecule is CC(=O)N1CCC(Nc2cc(C(=O)N3CC[C@@H](N4CCc5ccccc5C4)[C@H](O)C3)nc(-c3ccc4scnc4c3)n2)CC1. The molecule has 3 aliphatic rings. The number of nitrogens with one attached hydrogen (secondary N) is 1. The minimum Gasteiger partial charge on any atom is -0.390 e. The number of aliphatic hydroxyl groups is 1. The Balaban J connectivity index is 1.10. The molecule has 0 saturated carbocycles. The van der Waals surface area contributed by atoms with Crippen LogP contribution in [0.1, 0.15) is 47.8 Å². The summed E-state index contributed by atoms with van der Waals surface area (Å²) in [6.07, 6.45) is 2.63. The number of amides is 2. The number of piperidine rings is 2. The number of hydrogen-bond donors (Lipinski definition) is 2. The van der Waals surface area contributed by atoms with Gasteiger partial charge < -0.3 is 20.2 Å². The summed E-state index contributed by atoms with van der Waals surface area (Å²) < 4.78 is 1.07. The Labute approximate surface area is 260 Å². The fraction of sp³-hybridized carbons (Fsp3) is 0.424. The summed E-state index contributed by atoms with van der Waals surface area (Å²) in [4.78, 5) is 45.7. The average molecular weight is 612 g/mol. The lowest BCUT2D eigenvalue weighted by atomic mass is 9.94. The maximum atomic E-state index is 13.9. The molecule has 0 spiro atoms. The van der Waals surface area contributed by atoms with E-state index in [2.05, 4.69) is 39.5 Å². The molecular weight excluding hydrogens is 574 g/mol.